The Kier molecular flexibility index (Phi) is 6.79. The Labute approximate surface area is 176 Å². The van der Waals surface area contributed by atoms with Gasteiger partial charge in [-0.25, -0.2) is 8.42 Å². The molecule has 0 unspecified atom stereocenters. The normalized spacial score (nSPS) is 11.0. The van der Waals surface area contributed by atoms with Gasteiger partial charge in [-0.3, -0.25) is 9.29 Å². The lowest BCUT2D eigenvalue weighted by Crippen LogP contribution is -2.31. The van der Waals surface area contributed by atoms with E-state index in [2.05, 4.69) is 4.98 Å². The molecule has 0 bridgehead atoms. The number of benzene rings is 2. The van der Waals surface area contributed by atoms with Crippen molar-refractivity contribution in [3.8, 4) is 23.0 Å². The lowest BCUT2D eigenvalue weighted by molar-refractivity contribution is 0.346. The van der Waals surface area contributed by atoms with E-state index in [1.165, 1.54) is 4.31 Å². The fourth-order valence-corrected chi connectivity index (χ4v) is 3.98. The average molecular weight is 429 g/mol. The Morgan fingerprint density at radius 2 is 1.50 bits per heavy atom. The van der Waals surface area contributed by atoms with Crippen LogP contribution in [-0.2, 0) is 16.6 Å². The van der Waals surface area contributed by atoms with Gasteiger partial charge >= 0.3 is 0 Å². The highest BCUT2D eigenvalue weighted by Crippen LogP contribution is 2.40. The summed E-state index contributed by atoms with van der Waals surface area (Å²) in [5.74, 6) is 2.04. The van der Waals surface area contributed by atoms with Gasteiger partial charge in [0.1, 0.15) is 5.75 Å². The molecular formula is C22H24N2O5S. The number of hydrogen-bond acceptors (Lipinski definition) is 6. The van der Waals surface area contributed by atoms with Gasteiger partial charge in [0.15, 0.2) is 11.5 Å². The zero-order valence-electron chi connectivity index (χ0n) is 17.1. The van der Waals surface area contributed by atoms with Crippen LogP contribution in [0.5, 0.6) is 23.0 Å². The van der Waals surface area contributed by atoms with Gasteiger partial charge < -0.3 is 14.2 Å². The molecule has 0 aliphatic rings. The van der Waals surface area contributed by atoms with E-state index in [4.69, 9.17) is 14.2 Å². The first-order chi connectivity index (χ1) is 14.5. The summed E-state index contributed by atoms with van der Waals surface area (Å²) in [5, 5.41) is 0. The molecule has 0 radical (unpaired) electrons. The highest BCUT2D eigenvalue weighted by molar-refractivity contribution is 7.92. The standard InChI is InChI=1S/C22H24N2O5S/c1-4-30(25,26)24(16-17-12-14-23-15-13-17)18-8-10-19(11-9-18)29-22-20(27-2)6-5-7-21(22)28-3/h5-15H,4,16H2,1-3H3. The lowest BCUT2D eigenvalue weighted by atomic mass is 10.2. The van der Waals surface area contributed by atoms with Crippen molar-refractivity contribution in [3.05, 3.63) is 72.6 Å². The quantitative estimate of drug-likeness (QED) is 0.507. The van der Waals surface area contributed by atoms with Gasteiger partial charge in [0.2, 0.25) is 15.8 Å². The molecule has 0 aliphatic carbocycles. The second kappa shape index (κ2) is 9.49. The van der Waals surface area contributed by atoms with Gasteiger partial charge in [-0.05, 0) is 61.0 Å². The number of anilines is 1. The van der Waals surface area contributed by atoms with Crippen molar-refractivity contribution >= 4 is 15.7 Å². The molecule has 0 N–H and O–H groups in total. The number of para-hydroxylation sites is 1. The summed E-state index contributed by atoms with van der Waals surface area (Å²) in [6, 6.07) is 15.8. The first-order valence-corrected chi connectivity index (χ1v) is 11.0. The zero-order valence-corrected chi connectivity index (χ0v) is 17.9. The third kappa shape index (κ3) is 4.83. The minimum absolute atomic E-state index is 0.00521. The summed E-state index contributed by atoms with van der Waals surface area (Å²) >= 11 is 0. The van der Waals surface area contributed by atoms with Gasteiger partial charge in [0, 0.05) is 12.4 Å². The molecule has 30 heavy (non-hydrogen) atoms. The van der Waals surface area contributed by atoms with E-state index < -0.39 is 10.0 Å². The van der Waals surface area contributed by atoms with E-state index in [-0.39, 0.29) is 12.3 Å². The third-order valence-electron chi connectivity index (χ3n) is 4.50. The number of pyridine rings is 1. The Hall–Kier alpha value is -3.26. The van der Waals surface area contributed by atoms with Gasteiger partial charge in [0.05, 0.1) is 32.2 Å². The number of methoxy groups -OCH3 is 2. The van der Waals surface area contributed by atoms with E-state index >= 15 is 0 Å². The van der Waals surface area contributed by atoms with E-state index in [1.807, 2.05) is 0 Å². The Morgan fingerprint density at radius 1 is 0.900 bits per heavy atom. The Bertz CT molecular complexity index is 1050. The largest absolute Gasteiger partial charge is 0.493 e. The summed E-state index contributed by atoms with van der Waals surface area (Å²) < 4.78 is 43.4. The van der Waals surface area contributed by atoms with E-state index in [0.29, 0.717) is 28.7 Å². The van der Waals surface area contributed by atoms with E-state index in [1.54, 1.807) is 88.1 Å². The van der Waals surface area contributed by atoms with Crippen LogP contribution in [0.2, 0.25) is 0 Å². The molecule has 7 nitrogen and oxygen atoms in total. The highest BCUT2D eigenvalue weighted by Gasteiger charge is 2.21. The molecule has 0 saturated carbocycles. The van der Waals surface area contributed by atoms with Crippen LogP contribution in [0.25, 0.3) is 0 Å². The number of aromatic nitrogens is 1. The second-order valence-electron chi connectivity index (χ2n) is 6.35. The summed E-state index contributed by atoms with van der Waals surface area (Å²) in [7, 11) is -0.367. The van der Waals surface area contributed by atoms with Gasteiger partial charge in [-0.15, -0.1) is 0 Å². The lowest BCUT2D eigenvalue weighted by Gasteiger charge is -2.24. The SMILES string of the molecule is CCS(=O)(=O)N(Cc1ccncc1)c1ccc(Oc2c(OC)cccc2OC)cc1. The van der Waals surface area contributed by atoms with Crippen molar-refractivity contribution in [3.63, 3.8) is 0 Å². The fraction of sp³-hybridized carbons (Fsp3) is 0.227. The maximum Gasteiger partial charge on any atom is 0.235 e. The van der Waals surface area contributed by atoms with Crippen LogP contribution in [0, 0.1) is 0 Å². The monoisotopic (exact) mass is 428 g/mol. The van der Waals surface area contributed by atoms with Crippen molar-refractivity contribution in [1.29, 1.82) is 0 Å². The predicted molar refractivity (Wildman–Crippen MR) is 116 cm³/mol. The fourth-order valence-electron chi connectivity index (χ4n) is 2.88. The van der Waals surface area contributed by atoms with Crippen molar-refractivity contribution in [1.82, 2.24) is 4.98 Å². The molecule has 0 fully saturated rings. The maximum atomic E-state index is 12.7. The van der Waals surface area contributed by atoms with Gasteiger partial charge in [-0.2, -0.15) is 0 Å². The van der Waals surface area contributed by atoms with E-state index in [9.17, 15) is 8.42 Å². The smallest absolute Gasteiger partial charge is 0.235 e. The van der Waals surface area contributed by atoms with Crippen LogP contribution < -0.4 is 18.5 Å². The predicted octanol–water partition coefficient (Wildman–Crippen LogP) is 4.25. The molecule has 0 atom stereocenters. The molecule has 2 aromatic carbocycles. The second-order valence-corrected chi connectivity index (χ2v) is 8.53. The van der Waals surface area contributed by atoms with Gasteiger partial charge in [-0.1, -0.05) is 6.07 Å². The Balaban J connectivity index is 1.89. The van der Waals surface area contributed by atoms with Gasteiger partial charge in [0.25, 0.3) is 0 Å². The number of nitrogens with zero attached hydrogens (tertiary/aromatic N) is 2. The first-order valence-electron chi connectivity index (χ1n) is 9.36. The molecule has 1 heterocycles. The number of ether oxygens (including phenoxy) is 3. The summed E-state index contributed by atoms with van der Waals surface area (Å²) in [6.07, 6.45) is 3.29. The molecule has 0 aliphatic heterocycles. The van der Waals surface area contributed by atoms with Crippen molar-refractivity contribution in [2.45, 2.75) is 13.5 Å². The Morgan fingerprint density at radius 3 is 2.03 bits per heavy atom. The minimum Gasteiger partial charge on any atom is -0.493 e. The average Bonchev–Trinajstić information content (AvgIpc) is 2.79. The number of rotatable bonds is 9. The molecule has 158 valence electrons. The zero-order chi connectivity index (χ0) is 21.6. The molecule has 1 aromatic heterocycles. The number of sulfonamides is 1. The van der Waals surface area contributed by atoms with Crippen LogP contribution in [-0.4, -0.2) is 33.4 Å². The van der Waals surface area contributed by atoms with Crippen LogP contribution >= 0.6 is 0 Å². The highest BCUT2D eigenvalue weighted by atomic mass is 32.2. The minimum atomic E-state index is -3.47. The first kappa shape index (κ1) is 21.4. The van der Waals surface area contributed by atoms with Crippen LogP contribution in [0.4, 0.5) is 5.69 Å². The topological polar surface area (TPSA) is 78.0 Å². The van der Waals surface area contributed by atoms with Crippen molar-refractivity contribution in [2.24, 2.45) is 0 Å². The summed E-state index contributed by atoms with van der Waals surface area (Å²) in [4.78, 5) is 3.98. The number of hydrogen-bond donors (Lipinski definition) is 0. The molecule has 8 heteroatoms. The molecule has 3 rings (SSSR count). The van der Waals surface area contributed by atoms with Crippen LogP contribution in [0.15, 0.2) is 67.0 Å². The maximum absolute atomic E-state index is 12.7. The van der Waals surface area contributed by atoms with Crippen molar-refractivity contribution < 1.29 is 22.6 Å². The summed E-state index contributed by atoms with van der Waals surface area (Å²) in [5.41, 5.74) is 1.40. The molecular weight excluding hydrogens is 404 g/mol. The third-order valence-corrected chi connectivity index (χ3v) is 6.24. The van der Waals surface area contributed by atoms with E-state index in [0.717, 1.165) is 5.56 Å². The molecule has 3 aromatic rings. The summed E-state index contributed by atoms with van der Waals surface area (Å²) in [6.45, 7) is 1.85. The van der Waals surface area contributed by atoms with Crippen molar-refractivity contribution in [2.75, 3.05) is 24.3 Å². The van der Waals surface area contributed by atoms with Crippen LogP contribution in [0.1, 0.15) is 12.5 Å². The molecule has 0 amide bonds. The molecule has 0 spiro atoms. The molecule has 0 saturated heterocycles. The van der Waals surface area contributed by atoms with Crippen LogP contribution in [0.3, 0.4) is 0 Å².